The highest BCUT2D eigenvalue weighted by Gasteiger charge is 2.20. The number of sulfonamides is 1. The van der Waals surface area contributed by atoms with Crippen LogP contribution in [-0.4, -0.2) is 14.3 Å². The van der Waals surface area contributed by atoms with Gasteiger partial charge in [0.25, 0.3) is 15.9 Å². The summed E-state index contributed by atoms with van der Waals surface area (Å²) in [6.45, 7) is 2.05. The minimum Gasteiger partial charge on any atom is -0.269 e. The van der Waals surface area contributed by atoms with E-state index in [4.69, 9.17) is 0 Å². The first-order valence-corrected chi connectivity index (χ1v) is 13.1. The lowest BCUT2D eigenvalue weighted by Gasteiger charge is -2.22. The molecule has 1 atom stereocenters. The molecule has 0 aromatic heterocycles. The molecule has 0 fully saturated rings. The Hall–Kier alpha value is -4.22. The Morgan fingerprint density at radius 1 is 0.722 bits per heavy atom. The van der Waals surface area contributed by atoms with Crippen LogP contribution in [0, 0.1) is 0 Å². The summed E-state index contributed by atoms with van der Waals surface area (Å²) < 4.78 is 26.8. The fraction of sp³-hybridized carbons (Fsp3) is 0.0645. The highest BCUT2D eigenvalue weighted by atomic mass is 32.2. The lowest BCUT2D eigenvalue weighted by molar-refractivity contribution is -0.114. The Morgan fingerprint density at radius 3 is 1.83 bits per heavy atom. The van der Waals surface area contributed by atoms with Crippen LogP contribution in [0.25, 0.3) is 11.6 Å². The summed E-state index contributed by atoms with van der Waals surface area (Å²) in [7, 11) is -3.91. The van der Waals surface area contributed by atoms with Crippen LogP contribution >= 0.6 is 0 Å². The maximum atomic E-state index is 12.3. The first-order chi connectivity index (χ1) is 17.5. The standard InChI is InChI=1S/C31H27NO3S/c1-2-29(25-12-6-3-7-13-25)31(26-14-8-4-9-15-26)27-21-18-24(19-22-27)20-23-30(33)32-36(34,35)28-16-10-5-11-17-28/h2-23,31H,1H3,(H,32,33). The Bertz CT molecular complexity index is 1460. The largest absolute Gasteiger partial charge is 0.269 e. The predicted molar refractivity (Wildman–Crippen MR) is 146 cm³/mol. The quantitative estimate of drug-likeness (QED) is 0.287. The zero-order chi connectivity index (χ0) is 25.4. The van der Waals surface area contributed by atoms with Crippen molar-refractivity contribution in [3.05, 3.63) is 150 Å². The van der Waals surface area contributed by atoms with E-state index >= 15 is 0 Å². The normalized spacial score (nSPS) is 12.9. The number of allylic oxidation sites excluding steroid dienone is 2. The van der Waals surface area contributed by atoms with E-state index in [1.54, 1.807) is 24.3 Å². The second-order valence-electron chi connectivity index (χ2n) is 8.24. The molecule has 180 valence electrons. The van der Waals surface area contributed by atoms with E-state index in [1.807, 2.05) is 60.7 Å². The molecule has 1 amide bonds. The average Bonchev–Trinajstić information content (AvgIpc) is 2.92. The Labute approximate surface area is 212 Å². The fourth-order valence-corrected chi connectivity index (χ4v) is 5.09. The number of carbonyl (C=O) groups excluding carboxylic acids is 1. The second kappa shape index (κ2) is 11.5. The smallest absolute Gasteiger partial charge is 0.264 e. The summed E-state index contributed by atoms with van der Waals surface area (Å²) in [5.41, 5.74) is 5.46. The van der Waals surface area contributed by atoms with Gasteiger partial charge in [0.15, 0.2) is 0 Å². The lowest BCUT2D eigenvalue weighted by atomic mass is 9.81. The first kappa shape index (κ1) is 24.9. The highest BCUT2D eigenvalue weighted by molar-refractivity contribution is 7.90. The van der Waals surface area contributed by atoms with Gasteiger partial charge in [-0.1, -0.05) is 109 Å². The van der Waals surface area contributed by atoms with Crippen LogP contribution in [0.3, 0.4) is 0 Å². The van der Waals surface area contributed by atoms with Gasteiger partial charge < -0.3 is 0 Å². The number of benzene rings is 4. The van der Waals surface area contributed by atoms with Gasteiger partial charge in [-0.15, -0.1) is 0 Å². The summed E-state index contributed by atoms with van der Waals surface area (Å²) >= 11 is 0. The van der Waals surface area contributed by atoms with Crippen LogP contribution in [-0.2, 0) is 14.8 Å². The van der Waals surface area contributed by atoms with Crippen molar-refractivity contribution in [2.24, 2.45) is 0 Å². The van der Waals surface area contributed by atoms with Crippen molar-refractivity contribution < 1.29 is 13.2 Å². The zero-order valence-electron chi connectivity index (χ0n) is 19.9. The molecule has 4 aromatic rings. The number of hydrogen-bond donors (Lipinski definition) is 1. The van der Waals surface area contributed by atoms with Crippen molar-refractivity contribution in [2.75, 3.05) is 0 Å². The number of nitrogens with one attached hydrogen (secondary N) is 1. The maximum Gasteiger partial charge on any atom is 0.264 e. The Kier molecular flexibility index (Phi) is 7.93. The van der Waals surface area contributed by atoms with Crippen LogP contribution < -0.4 is 4.72 Å². The van der Waals surface area contributed by atoms with E-state index in [1.165, 1.54) is 29.3 Å². The Morgan fingerprint density at radius 2 is 1.25 bits per heavy atom. The minimum atomic E-state index is -3.91. The maximum absolute atomic E-state index is 12.3. The van der Waals surface area contributed by atoms with Gasteiger partial charge in [-0.05, 0) is 53.0 Å². The van der Waals surface area contributed by atoms with Crippen LogP contribution in [0.15, 0.2) is 132 Å². The number of carbonyl (C=O) groups is 1. The molecule has 5 heteroatoms. The van der Waals surface area contributed by atoms with E-state index in [0.29, 0.717) is 0 Å². The van der Waals surface area contributed by atoms with Crippen LogP contribution in [0.2, 0.25) is 0 Å². The van der Waals surface area contributed by atoms with Gasteiger partial charge in [0.05, 0.1) is 4.90 Å². The van der Waals surface area contributed by atoms with Crippen LogP contribution in [0.4, 0.5) is 0 Å². The molecule has 0 heterocycles. The summed E-state index contributed by atoms with van der Waals surface area (Å²) in [6.07, 6.45) is 4.98. The van der Waals surface area contributed by atoms with E-state index in [9.17, 15) is 13.2 Å². The molecule has 4 aromatic carbocycles. The molecule has 0 aliphatic carbocycles. The van der Waals surface area contributed by atoms with Crippen molar-refractivity contribution >= 4 is 27.6 Å². The van der Waals surface area contributed by atoms with Gasteiger partial charge in [-0.25, -0.2) is 13.1 Å². The van der Waals surface area contributed by atoms with Gasteiger partial charge in [-0.3, -0.25) is 4.79 Å². The third-order valence-electron chi connectivity index (χ3n) is 5.85. The van der Waals surface area contributed by atoms with Gasteiger partial charge in [0.2, 0.25) is 0 Å². The minimum absolute atomic E-state index is 0.0379. The molecular weight excluding hydrogens is 466 g/mol. The molecule has 0 aliphatic rings. The van der Waals surface area contributed by atoms with Crippen LogP contribution in [0.5, 0.6) is 0 Å². The molecular formula is C31H27NO3S. The predicted octanol–water partition coefficient (Wildman–Crippen LogP) is 6.44. The van der Waals surface area contributed by atoms with Crippen LogP contribution in [0.1, 0.15) is 35.1 Å². The molecule has 0 radical (unpaired) electrons. The third-order valence-corrected chi connectivity index (χ3v) is 7.21. The molecule has 0 bridgehead atoms. The second-order valence-corrected chi connectivity index (χ2v) is 9.92. The van der Waals surface area contributed by atoms with Crippen molar-refractivity contribution in [1.29, 1.82) is 0 Å². The van der Waals surface area contributed by atoms with Gasteiger partial charge in [0.1, 0.15) is 0 Å². The molecule has 1 unspecified atom stereocenters. The zero-order valence-corrected chi connectivity index (χ0v) is 20.7. The number of amides is 1. The number of hydrogen-bond acceptors (Lipinski definition) is 3. The molecule has 4 rings (SSSR count). The SMILES string of the molecule is CC=C(c1ccccc1)C(c1ccccc1)c1ccc(C=CC(=O)NS(=O)(=O)c2ccccc2)cc1. The molecule has 0 saturated carbocycles. The van der Waals surface area contributed by atoms with E-state index in [2.05, 4.69) is 42.0 Å². The number of rotatable bonds is 8. The van der Waals surface area contributed by atoms with Gasteiger partial charge in [0, 0.05) is 12.0 Å². The van der Waals surface area contributed by atoms with Gasteiger partial charge in [-0.2, -0.15) is 0 Å². The van der Waals surface area contributed by atoms with Crippen molar-refractivity contribution in [3.63, 3.8) is 0 Å². The topological polar surface area (TPSA) is 63.2 Å². The van der Waals surface area contributed by atoms with E-state index in [-0.39, 0.29) is 10.8 Å². The molecule has 0 aliphatic heterocycles. The van der Waals surface area contributed by atoms with E-state index in [0.717, 1.165) is 16.7 Å². The summed E-state index contributed by atoms with van der Waals surface area (Å²) in [5, 5.41) is 0. The molecule has 0 saturated heterocycles. The van der Waals surface area contributed by atoms with E-state index < -0.39 is 15.9 Å². The fourth-order valence-electron chi connectivity index (χ4n) is 4.12. The van der Waals surface area contributed by atoms with Crippen molar-refractivity contribution in [1.82, 2.24) is 4.72 Å². The van der Waals surface area contributed by atoms with Crippen molar-refractivity contribution in [3.8, 4) is 0 Å². The summed E-state index contributed by atoms with van der Waals surface area (Å²) in [6, 6.07) is 36.4. The first-order valence-electron chi connectivity index (χ1n) is 11.6. The monoisotopic (exact) mass is 493 g/mol. The molecule has 4 nitrogen and oxygen atoms in total. The Balaban J connectivity index is 1.56. The highest BCUT2D eigenvalue weighted by Crippen LogP contribution is 2.37. The average molecular weight is 494 g/mol. The van der Waals surface area contributed by atoms with Gasteiger partial charge >= 0.3 is 0 Å². The van der Waals surface area contributed by atoms with Crippen molar-refractivity contribution in [2.45, 2.75) is 17.7 Å². The molecule has 1 N–H and O–H groups in total. The summed E-state index contributed by atoms with van der Waals surface area (Å²) in [4.78, 5) is 12.3. The molecule has 0 spiro atoms. The molecule has 36 heavy (non-hydrogen) atoms. The summed E-state index contributed by atoms with van der Waals surface area (Å²) in [5.74, 6) is -0.665. The third kappa shape index (κ3) is 6.06. The lowest BCUT2D eigenvalue weighted by Crippen LogP contribution is -2.28.